The molecule has 94 valence electrons. The first-order valence-corrected chi connectivity index (χ1v) is 6.15. The van der Waals surface area contributed by atoms with Gasteiger partial charge in [-0.25, -0.2) is 0 Å². The average Bonchev–Trinajstić information content (AvgIpc) is 2.99. The maximum atomic E-state index is 5.89. The molecule has 1 fully saturated rings. The minimum Gasteiger partial charge on any atom is -0.459 e. The molecule has 0 bridgehead atoms. The molecule has 0 aromatic heterocycles. The number of ether oxygens (including phenoxy) is 3. The summed E-state index contributed by atoms with van der Waals surface area (Å²) in [6.45, 7) is 0. The van der Waals surface area contributed by atoms with Gasteiger partial charge in [0.1, 0.15) is 5.76 Å². The maximum absolute atomic E-state index is 5.89. The molecule has 0 N–H and O–H groups in total. The van der Waals surface area contributed by atoms with E-state index in [9.17, 15) is 0 Å². The van der Waals surface area contributed by atoms with Crippen molar-refractivity contribution >= 4 is 6.08 Å². The van der Waals surface area contributed by atoms with Gasteiger partial charge in [0.15, 0.2) is 6.29 Å². The van der Waals surface area contributed by atoms with Gasteiger partial charge in [-0.2, -0.15) is 0 Å². The standard InChI is InChI=1S/C15H16O3/c1-16-14-8-10-15(18-14)9-7-13(17-15)11-12-5-3-2-4-6-12/h2-7,9,11,14H,8,10H2,1H3/b13-11-/t14-,15-/m0/s1. The highest BCUT2D eigenvalue weighted by Crippen LogP contribution is 2.39. The van der Waals surface area contributed by atoms with Crippen molar-refractivity contribution in [2.75, 3.05) is 7.11 Å². The molecule has 2 aliphatic rings. The Bertz CT molecular complexity index is 478. The molecule has 2 aliphatic heterocycles. The van der Waals surface area contributed by atoms with Crippen LogP contribution in [0.15, 0.2) is 48.2 Å². The van der Waals surface area contributed by atoms with Crippen LogP contribution in [0.25, 0.3) is 6.08 Å². The van der Waals surface area contributed by atoms with Crippen LogP contribution in [0.2, 0.25) is 0 Å². The zero-order valence-corrected chi connectivity index (χ0v) is 10.3. The first kappa shape index (κ1) is 11.5. The lowest BCUT2D eigenvalue weighted by Gasteiger charge is -2.22. The van der Waals surface area contributed by atoms with Gasteiger partial charge in [0.05, 0.1) is 0 Å². The molecular formula is C15H16O3. The largest absolute Gasteiger partial charge is 0.459 e. The number of hydrogen-bond acceptors (Lipinski definition) is 3. The summed E-state index contributed by atoms with van der Waals surface area (Å²) in [4.78, 5) is 0. The van der Waals surface area contributed by atoms with Crippen molar-refractivity contribution < 1.29 is 14.2 Å². The SMILES string of the molecule is CO[C@@H]1CC[C@]2(C=C/C(=C/c3ccccc3)O2)O1. The highest BCUT2D eigenvalue weighted by atomic mass is 16.8. The van der Waals surface area contributed by atoms with Crippen molar-refractivity contribution in [3.8, 4) is 0 Å². The van der Waals surface area contributed by atoms with Gasteiger partial charge in [-0.3, -0.25) is 0 Å². The third-order valence-corrected chi connectivity index (χ3v) is 3.22. The summed E-state index contributed by atoms with van der Waals surface area (Å²) >= 11 is 0. The van der Waals surface area contributed by atoms with E-state index in [1.54, 1.807) is 7.11 Å². The van der Waals surface area contributed by atoms with Crippen LogP contribution >= 0.6 is 0 Å². The van der Waals surface area contributed by atoms with E-state index in [0.717, 1.165) is 24.2 Å². The summed E-state index contributed by atoms with van der Waals surface area (Å²) < 4.78 is 16.8. The lowest BCUT2D eigenvalue weighted by atomic mass is 10.2. The summed E-state index contributed by atoms with van der Waals surface area (Å²) in [6, 6.07) is 10.1. The second kappa shape index (κ2) is 4.59. The van der Waals surface area contributed by atoms with Gasteiger partial charge in [0.2, 0.25) is 5.79 Å². The fraction of sp³-hybridized carbons (Fsp3) is 0.333. The predicted molar refractivity (Wildman–Crippen MR) is 68.5 cm³/mol. The Morgan fingerprint density at radius 1 is 1.33 bits per heavy atom. The van der Waals surface area contributed by atoms with Crippen molar-refractivity contribution in [1.82, 2.24) is 0 Å². The average molecular weight is 244 g/mol. The number of allylic oxidation sites excluding steroid dienone is 1. The molecule has 3 rings (SSSR count). The third kappa shape index (κ3) is 2.19. The summed E-state index contributed by atoms with van der Waals surface area (Å²) in [5, 5.41) is 0. The van der Waals surface area contributed by atoms with Crippen LogP contribution < -0.4 is 0 Å². The quantitative estimate of drug-likeness (QED) is 0.800. The van der Waals surface area contributed by atoms with Crippen LogP contribution in [0, 0.1) is 0 Å². The zero-order valence-electron chi connectivity index (χ0n) is 10.3. The molecule has 3 heteroatoms. The summed E-state index contributed by atoms with van der Waals surface area (Å²) in [5.41, 5.74) is 1.12. The molecule has 0 radical (unpaired) electrons. The monoisotopic (exact) mass is 244 g/mol. The van der Waals surface area contributed by atoms with Crippen molar-refractivity contribution in [1.29, 1.82) is 0 Å². The second-order valence-corrected chi connectivity index (χ2v) is 4.53. The van der Waals surface area contributed by atoms with Crippen molar-refractivity contribution in [3.05, 3.63) is 53.8 Å². The highest BCUT2D eigenvalue weighted by molar-refractivity contribution is 5.55. The Morgan fingerprint density at radius 3 is 2.89 bits per heavy atom. The van der Waals surface area contributed by atoms with E-state index in [0.29, 0.717) is 0 Å². The smallest absolute Gasteiger partial charge is 0.233 e. The topological polar surface area (TPSA) is 27.7 Å². The lowest BCUT2D eigenvalue weighted by Crippen LogP contribution is -2.27. The first-order chi connectivity index (χ1) is 8.80. The van der Waals surface area contributed by atoms with Crippen LogP contribution in [0.4, 0.5) is 0 Å². The van der Waals surface area contributed by atoms with Crippen LogP contribution in [0.1, 0.15) is 18.4 Å². The number of benzene rings is 1. The second-order valence-electron chi connectivity index (χ2n) is 4.53. The van der Waals surface area contributed by atoms with Gasteiger partial charge in [-0.1, -0.05) is 30.3 Å². The fourth-order valence-electron chi connectivity index (χ4n) is 2.29. The van der Waals surface area contributed by atoms with E-state index >= 15 is 0 Å². The molecule has 1 aromatic rings. The molecule has 1 aromatic carbocycles. The van der Waals surface area contributed by atoms with Crippen LogP contribution in [0.5, 0.6) is 0 Å². The minimum absolute atomic E-state index is 0.161. The van der Waals surface area contributed by atoms with Gasteiger partial charge in [0, 0.05) is 20.0 Å². The Morgan fingerprint density at radius 2 is 2.17 bits per heavy atom. The van der Waals surface area contributed by atoms with E-state index < -0.39 is 5.79 Å². The molecule has 3 nitrogen and oxygen atoms in total. The van der Waals surface area contributed by atoms with E-state index in [1.807, 2.05) is 48.6 Å². The normalized spacial score (nSPS) is 32.3. The van der Waals surface area contributed by atoms with Gasteiger partial charge >= 0.3 is 0 Å². The third-order valence-electron chi connectivity index (χ3n) is 3.22. The van der Waals surface area contributed by atoms with Crippen molar-refractivity contribution in [2.24, 2.45) is 0 Å². The molecule has 1 spiro atoms. The van der Waals surface area contributed by atoms with Gasteiger partial charge in [-0.05, 0) is 23.8 Å². The molecule has 1 saturated heterocycles. The van der Waals surface area contributed by atoms with Crippen LogP contribution in [-0.2, 0) is 14.2 Å². The van der Waals surface area contributed by atoms with Gasteiger partial charge in [0.25, 0.3) is 0 Å². The lowest BCUT2D eigenvalue weighted by molar-refractivity contribution is -0.218. The predicted octanol–water partition coefficient (Wildman–Crippen LogP) is 3.09. The number of rotatable bonds is 2. The minimum atomic E-state index is -0.610. The molecule has 2 heterocycles. The van der Waals surface area contributed by atoms with E-state index in [2.05, 4.69) is 0 Å². The molecule has 0 amide bonds. The Labute approximate surface area is 107 Å². The Balaban J connectivity index is 1.73. The summed E-state index contributed by atoms with van der Waals surface area (Å²) in [6.07, 6.45) is 7.47. The fourth-order valence-corrected chi connectivity index (χ4v) is 2.29. The Kier molecular flexibility index (Phi) is 2.94. The summed E-state index contributed by atoms with van der Waals surface area (Å²) in [5.74, 6) is 0.222. The van der Waals surface area contributed by atoms with Gasteiger partial charge < -0.3 is 14.2 Å². The van der Waals surface area contributed by atoms with Crippen molar-refractivity contribution in [2.45, 2.75) is 24.9 Å². The molecular weight excluding hydrogens is 228 g/mol. The van der Waals surface area contributed by atoms with Crippen LogP contribution in [0.3, 0.4) is 0 Å². The highest BCUT2D eigenvalue weighted by Gasteiger charge is 2.43. The van der Waals surface area contributed by atoms with Crippen molar-refractivity contribution in [3.63, 3.8) is 0 Å². The molecule has 0 unspecified atom stereocenters. The summed E-state index contributed by atoms with van der Waals surface area (Å²) in [7, 11) is 1.66. The number of hydrogen-bond donors (Lipinski definition) is 0. The van der Waals surface area contributed by atoms with Gasteiger partial charge in [-0.15, -0.1) is 0 Å². The molecule has 2 atom stereocenters. The van der Waals surface area contributed by atoms with E-state index in [4.69, 9.17) is 14.2 Å². The van der Waals surface area contributed by atoms with E-state index in [1.165, 1.54) is 0 Å². The zero-order chi connectivity index (χ0) is 12.4. The molecule has 0 aliphatic carbocycles. The van der Waals surface area contributed by atoms with Crippen LogP contribution in [-0.4, -0.2) is 19.2 Å². The molecule has 0 saturated carbocycles. The number of methoxy groups -OCH3 is 1. The Hall–Kier alpha value is -1.58. The maximum Gasteiger partial charge on any atom is 0.233 e. The first-order valence-electron chi connectivity index (χ1n) is 6.15. The molecule has 18 heavy (non-hydrogen) atoms. The van der Waals surface area contributed by atoms with E-state index in [-0.39, 0.29) is 6.29 Å².